The van der Waals surface area contributed by atoms with Crippen LogP contribution >= 0.6 is 31.8 Å². The Balaban J connectivity index is 3.16. The summed E-state index contributed by atoms with van der Waals surface area (Å²) in [4.78, 5) is 19.2. The monoisotopic (exact) mass is 269 g/mol. The minimum Gasteiger partial charge on any atom is -0.425 e. The van der Waals surface area contributed by atoms with Gasteiger partial charge in [0, 0.05) is 14.1 Å². The Morgan fingerprint density at radius 1 is 1.27 bits per heavy atom. The van der Waals surface area contributed by atoms with Crippen molar-refractivity contribution in [2.45, 2.75) is 0 Å². The lowest BCUT2D eigenvalue weighted by Crippen LogP contribution is -2.10. The predicted molar refractivity (Wildman–Crippen MR) is 62.8 cm³/mol. The van der Waals surface area contributed by atoms with Crippen molar-refractivity contribution in [1.29, 1.82) is 0 Å². The van der Waals surface area contributed by atoms with E-state index in [1.54, 1.807) is 25.1 Å². The van der Waals surface area contributed by atoms with Gasteiger partial charge in [-0.15, -0.1) is 0 Å². The summed E-state index contributed by atoms with van der Waals surface area (Å²) in [5.74, 6) is 0.195. The van der Waals surface area contributed by atoms with Gasteiger partial charge in [0.15, 0.2) is 0 Å². The number of anilines is 1. The summed E-state index contributed by atoms with van der Waals surface area (Å²) >= 11 is 11.9. The highest BCUT2D eigenvalue weighted by molar-refractivity contribution is 7.39. The van der Waals surface area contributed by atoms with E-state index in [1.807, 2.05) is 0 Å². The number of benzene rings is 1. The van der Waals surface area contributed by atoms with E-state index in [9.17, 15) is 0 Å². The van der Waals surface area contributed by atoms with Gasteiger partial charge in [0.1, 0.15) is 10.8 Å². The van der Waals surface area contributed by atoms with Gasteiger partial charge in [-0.2, -0.15) is 0 Å². The van der Waals surface area contributed by atoms with Crippen LogP contribution in [0.3, 0.4) is 0 Å². The van der Waals surface area contributed by atoms with Gasteiger partial charge in [-0.1, -0.05) is 23.2 Å². The van der Waals surface area contributed by atoms with E-state index in [0.717, 1.165) is 0 Å². The van der Waals surface area contributed by atoms with Crippen LogP contribution in [0.4, 0.5) is 5.69 Å². The Labute approximate surface area is 99.0 Å². The first-order valence-corrected chi connectivity index (χ1v) is 5.86. The lowest BCUT2D eigenvalue weighted by atomic mass is 10.3. The van der Waals surface area contributed by atoms with E-state index >= 15 is 0 Å². The van der Waals surface area contributed by atoms with Crippen LogP contribution in [0.15, 0.2) is 12.1 Å². The number of nitrogens with zero attached hydrogens (tertiary/aromatic N) is 1. The van der Waals surface area contributed by atoms with Crippen LogP contribution in [-0.2, 0) is 0 Å². The molecule has 0 aliphatic heterocycles. The van der Waals surface area contributed by atoms with E-state index < -0.39 is 8.60 Å². The lowest BCUT2D eigenvalue weighted by molar-refractivity contribution is 0.375. The van der Waals surface area contributed by atoms with Crippen molar-refractivity contribution in [3.05, 3.63) is 22.2 Å². The summed E-state index contributed by atoms with van der Waals surface area (Å²) in [6.45, 7) is 0. The second kappa shape index (κ2) is 5.19. The summed E-state index contributed by atoms with van der Waals surface area (Å²) in [7, 11) is 1.07. The molecular formula is C8H10Cl2NO3P. The second-order valence-electron chi connectivity index (χ2n) is 2.95. The molecule has 0 saturated carbocycles. The van der Waals surface area contributed by atoms with Crippen LogP contribution in [0.25, 0.3) is 0 Å². The van der Waals surface area contributed by atoms with Crippen LogP contribution in [-0.4, -0.2) is 23.9 Å². The topological polar surface area (TPSA) is 52.9 Å². The molecule has 0 bridgehead atoms. The highest BCUT2D eigenvalue weighted by atomic mass is 35.5. The average Bonchev–Trinajstić information content (AvgIpc) is 2.09. The van der Waals surface area contributed by atoms with Crippen LogP contribution < -0.4 is 9.42 Å². The molecule has 0 atom stereocenters. The summed E-state index contributed by atoms with van der Waals surface area (Å²) in [5, 5.41) is 0.723. The highest BCUT2D eigenvalue weighted by Crippen LogP contribution is 2.42. The molecule has 0 amide bonds. The molecule has 15 heavy (non-hydrogen) atoms. The third-order valence-corrected chi connectivity index (χ3v) is 2.69. The zero-order valence-electron chi connectivity index (χ0n) is 8.11. The van der Waals surface area contributed by atoms with Crippen LogP contribution in [0, 0.1) is 0 Å². The molecule has 0 fully saturated rings. The fourth-order valence-electron chi connectivity index (χ4n) is 1.09. The van der Waals surface area contributed by atoms with Crippen molar-refractivity contribution in [3.8, 4) is 5.75 Å². The molecule has 84 valence electrons. The zero-order chi connectivity index (χ0) is 11.6. The molecule has 0 aromatic heterocycles. The van der Waals surface area contributed by atoms with Gasteiger partial charge in [-0.3, -0.25) is 0 Å². The van der Waals surface area contributed by atoms with E-state index in [4.69, 9.17) is 37.5 Å². The van der Waals surface area contributed by atoms with E-state index in [2.05, 4.69) is 0 Å². The summed E-state index contributed by atoms with van der Waals surface area (Å²) < 4.78 is 4.75. The first-order valence-electron chi connectivity index (χ1n) is 3.94. The normalized spacial score (nSPS) is 10.6. The smallest absolute Gasteiger partial charge is 0.391 e. The molecule has 0 spiro atoms. The fraction of sp³-hybridized carbons (Fsp3) is 0.250. The van der Waals surface area contributed by atoms with Gasteiger partial charge in [0.05, 0.1) is 10.7 Å². The van der Waals surface area contributed by atoms with Crippen molar-refractivity contribution in [1.82, 2.24) is 0 Å². The SMILES string of the molecule is CN(C)c1c(Cl)ccc(OP(O)O)c1Cl. The van der Waals surface area contributed by atoms with Gasteiger partial charge in [-0.05, 0) is 12.1 Å². The molecule has 1 aromatic carbocycles. The van der Waals surface area contributed by atoms with Gasteiger partial charge < -0.3 is 19.2 Å². The van der Waals surface area contributed by atoms with Crippen molar-refractivity contribution in [2.75, 3.05) is 19.0 Å². The largest absolute Gasteiger partial charge is 0.425 e. The standard InChI is InChI=1S/C8H10Cl2NO3P/c1-11(2)8-5(9)3-4-6(7(8)10)14-15(12)13/h3-4,12-13H,1-2H3. The van der Waals surface area contributed by atoms with Gasteiger partial charge in [-0.25, -0.2) is 0 Å². The molecule has 7 heteroatoms. The molecule has 4 nitrogen and oxygen atoms in total. The van der Waals surface area contributed by atoms with Crippen molar-refractivity contribution < 1.29 is 14.3 Å². The molecule has 2 N–H and O–H groups in total. The van der Waals surface area contributed by atoms with Crippen molar-refractivity contribution in [2.24, 2.45) is 0 Å². The number of halogens is 2. The Morgan fingerprint density at radius 3 is 2.33 bits per heavy atom. The molecule has 0 aliphatic carbocycles. The Morgan fingerprint density at radius 2 is 1.87 bits per heavy atom. The first kappa shape index (κ1) is 12.8. The number of hydrogen-bond acceptors (Lipinski definition) is 4. The molecule has 1 aromatic rings. The molecule has 0 saturated heterocycles. The molecule has 1 rings (SSSR count). The second-order valence-corrected chi connectivity index (χ2v) is 4.42. The fourth-order valence-corrected chi connectivity index (χ4v) is 2.22. The van der Waals surface area contributed by atoms with Crippen LogP contribution in [0.1, 0.15) is 0 Å². The van der Waals surface area contributed by atoms with E-state index in [-0.39, 0.29) is 10.8 Å². The van der Waals surface area contributed by atoms with Crippen molar-refractivity contribution >= 4 is 37.5 Å². The minimum atomic E-state index is -2.48. The van der Waals surface area contributed by atoms with Gasteiger partial charge in [0.2, 0.25) is 0 Å². The van der Waals surface area contributed by atoms with Gasteiger partial charge in [0.25, 0.3) is 0 Å². The predicted octanol–water partition coefficient (Wildman–Crippen LogP) is 2.65. The number of hydrogen-bond donors (Lipinski definition) is 2. The maximum Gasteiger partial charge on any atom is 0.391 e. The molecule has 0 unspecified atom stereocenters. The van der Waals surface area contributed by atoms with Gasteiger partial charge >= 0.3 is 8.60 Å². The average molecular weight is 270 g/mol. The summed E-state index contributed by atoms with van der Waals surface area (Å²) in [5.41, 5.74) is 0.577. The lowest BCUT2D eigenvalue weighted by Gasteiger charge is -2.18. The maximum atomic E-state index is 8.72. The Hall–Kier alpha value is -0.250. The van der Waals surface area contributed by atoms with Crippen LogP contribution in [0.5, 0.6) is 5.75 Å². The maximum absolute atomic E-state index is 8.72. The number of rotatable bonds is 3. The highest BCUT2D eigenvalue weighted by Gasteiger charge is 2.15. The van der Waals surface area contributed by atoms with Crippen molar-refractivity contribution in [3.63, 3.8) is 0 Å². The zero-order valence-corrected chi connectivity index (χ0v) is 10.5. The molecular weight excluding hydrogens is 260 g/mol. The third-order valence-electron chi connectivity index (χ3n) is 1.66. The Bertz CT molecular complexity index is 360. The summed E-state index contributed by atoms with van der Waals surface area (Å²) in [6, 6.07) is 3.07. The Kier molecular flexibility index (Phi) is 4.44. The van der Waals surface area contributed by atoms with E-state index in [1.165, 1.54) is 6.07 Å². The molecule has 0 heterocycles. The summed E-state index contributed by atoms with van der Waals surface area (Å²) in [6.07, 6.45) is 0. The first-order chi connectivity index (χ1) is 6.93. The van der Waals surface area contributed by atoms with Crippen LogP contribution in [0.2, 0.25) is 10.0 Å². The minimum absolute atomic E-state index is 0.195. The molecule has 0 radical (unpaired) electrons. The quantitative estimate of drug-likeness (QED) is 0.829. The third kappa shape index (κ3) is 3.10. The van der Waals surface area contributed by atoms with E-state index in [0.29, 0.717) is 10.7 Å². The molecule has 0 aliphatic rings.